The summed E-state index contributed by atoms with van der Waals surface area (Å²) in [5.41, 5.74) is 6.11. The SMILES string of the molecule is C=C(N)/C=C\C(=C)OC(=O)c1ccc(OC)cc1. The molecule has 0 spiro atoms. The van der Waals surface area contributed by atoms with Crippen LogP contribution in [0, 0.1) is 0 Å². The van der Waals surface area contributed by atoms with Crippen molar-refractivity contribution in [3.63, 3.8) is 0 Å². The first-order valence-corrected chi connectivity index (χ1v) is 5.20. The first kappa shape index (κ1) is 13.6. The summed E-state index contributed by atoms with van der Waals surface area (Å²) >= 11 is 0. The van der Waals surface area contributed by atoms with Crippen molar-refractivity contribution >= 4 is 5.97 Å². The summed E-state index contributed by atoms with van der Waals surface area (Å²) in [4.78, 5) is 11.7. The lowest BCUT2D eigenvalue weighted by Gasteiger charge is -2.04. The van der Waals surface area contributed by atoms with Crippen LogP contribution in [-0.4, -0.2) is 13.1 Å². The number of methoxy groups -OCH3 is 1. The van der Waals surface area contributed by atoms with Crippen molar-refractivity contribution in [1.82, 2.24) is 0 Å². The molecule has 0 aliphatic carbocycles. The minimum Gasteiger partial charge on any atom is -0.497 e. The van der Waals surface area contributed by atoms with E-state index in [1.165, 1.54) is 12.2 Å². The molecule has 0 unspecified atom stereocenters. The molecule has 0 saturated heterocycles. The predicted molar refractivity (Wildman–Crippen MR) is 70.0 cm³/mol. The molecule has 18 heavy (non-hydrogen) atoms. The van der Waals surface area contributed by atoms with Gasteiger partial charge in [0.05, 0.1) is 12.7 Å². The van der Waals surface area contributed by atoms with Crippen molar-refractivity contribution in [1.29, 1.82) is 0 Å². The molecule has 0 saturated carbocycles. The molecule has 0 heterocycles. The molecule has 0 amide bonds. The minimum atomic E-state index is -0.491. The fraction of sp³-hybridized carbons (Fsp3) is 0.0714. The quantitative estimate of drug-likeness (QED) is 0.491. The number of benzene rings is 1. The molecule has 0 aromatic heterocycles. The number of allylic oxidation sites excluding steroid dienone is 2. The molecule has 4 heteroatoms. The van der Waals surface area contributed by atoms with Gasteiger partial charge in [0.25, 0.3) is 0 Å². The van der Waals surface area contributed by atoms with Crippen molar-refractivity contribution in [2.75, 3.05) is 7.11 Å². The van der Waals surface area contributed by atoms with Crippen LogP contribution in [0.1, 0.15) is 10.4 Å². The van der Waals surface area contributed by atoms with Gasteiger partial charge in [0.1, 0.15) is 11.5 Å². The summed E-state index contributed by atoms with van der Waals surface area (Å²) in [7, 11) is 1.56. The standard InChI is InChI=1S/C14H15NO3/c1-10(15)4-5-11(2)18-14(16)12-6-8-13(17-3)9-7-12/h4-9H,1-2,15H2,3H3/b5-4-. The smallest absolute Gasteiger partial charge is 0.343 e. The molecule has 1 aromatic carbocycles. The van der Waals surface area contributed by atoms with E-state index >= 15 is 0 Å². The third kappa shape index (κ3) is 4.17. The van der Waals surface area contributed by atoms with E-state index in [4.69, 9.17) is 15.2 Å². The maximum absolute atomic E-state index is 11.7. The molecule has 0 bridgehead atoms. The Morgan fingerprint density at radius 3 is 2.33 bits per heavy atom. The fourth-order valence-corrected chi connectivity index (χ4v) is 1.14. The monoisotopic (exact) mass is 245 g/mol. The van der Waals surface area contributed by atoms with Crippen LogP contribution < -0.4 is 10.5 Å². The highest BCUT2D eigenvalue weighted by Gasteiger charge is 2.07. The largest absolute Gasteiger partial charge is 0.497 e. The minimum absolute atomic E-state index is 0.197. The van der Waals surface area contributed by atoms with E-state index in [1.807, 2.05) is 0 Å². The van der Waals surface area contributed by atoms with Gasteiger partial charge < -0.3 is 15.2 Å². The molecule has 2 N–H and O–H groups in total. The van der Waals surface area contributed by atoms with E-state index in [-0.39, 0.29) is 5.76 Å². The number of carbonyl (C=O) groups excluding carboxylic acids is 1. The summed E-state index contributed by atoms with van der Waals surface area (Å²) in [5.74, 6) is 0.377. The van der Waals surface area contributed by atoms with Gasteiger partial charge in [-0.05, 0) is 36.4 Å². The Balaban J connectivity index is 2.64. The van der Waals surface area contributed by atoms with Gasteiger partial charge in [0.15, 0.2) is 0 Å². The average molecular weight is 245 g/mol. The van der Waals surface area contributed by atoms with Crippen LogP contribution in [0.2, 0.25) is 0 Å². The van der Waals surface area contributed by atoms with Crippen molar-refractivity contribution in [2.45, 2.75) is 0 Å². The second kappa shape index (κ2) is 6.30. The van der Waals surface area contributed by atoms with Crippen LogP contribution in [0.5, 0.6) is 5.75 Å². The third-order valence-corrected chi connectivity index (χ3v) is 2.03. The molecule has 94 valence electrons. The topological polar surface area (TPSA) is 61.5 Å². The fourth-order valence-electron chi connectivity index (χ4n) is 1.14. The Hall–Kier alpha value is -2.49. The lowest BCUT2D eigenvalue weighted by atomic mass is 10.2. The predicted octanol–water partition coefficient (Wildman–Crippen LogP) is 2.39. The van der Waals surface area contributed by atoms with E-state index in [0.717, 1.165) is 0 Å². The highest BCUT2D eigenvalue weighted by molar-refractivity contribution is 5.90. The molecule has 4 nitrogen and oxygen atoms in total. The first-order valence-electron chi connectivity index (χ1n) is 5.20. The molecule has 1 rings (SSSR count). The maximum Gasteiger partial charge on any atom is 0.343 e. The van der Waals surface area contributed by atoms with Gasteiger partial charge in [-0.15, -0.1) is 0 Å². The van der Waals surface area contributed by atoms with Crippen LogP contribution in [0.4, 0.5) is 0 Å². The Kier molecular flexibility index (Phi) is 4.75. The summed E-state index contributed by atoms with van der Waals surface area (Å²) in [5, 5.41) is 0. The zero-order valence-corrected chi connectivity index (χ0v) is 10.2. The van der Waals surface area contributed by atoms with Crippen molar-refractivity contribution < 1.29 is 14.3 Å². The maximum atomic E-state index is 11.7. The average Bonchev–Trinajstić information content (AvgIpc) is 2.36. The van der Waals surface area contributed by atoms with E-state index in [9.17, 15) is 4.79 Å². The summed E-state index contributed by atoms with van der Waals surface area (Å²) in [6.07, 6.45) is 2.98. The van der Waals surface area contributed by atoms with Gasteiger partial charge in [-0.3, -0.25) is 0 Å². The lowest BCUT2D eigenvalue weighted by molar-refractivity contribution is 0.0638. The molecule has 1 aromatic rings. The van der Waals surface area contributed by atoms with Crippen LogP contribution in [-0.2, 0) is 4.74 Å². The highest BCUT2D eigenvalue weighted by Crippen LogP contribution is 2.13. The second-order valence-electron chi connectivity index (χ2n) is 3.49. The second-order valence-corrected chi connectivity index (χ2v) is 3.49. The van der Waals surface area contributed by atoms with Crippen molar-refractivity contribution in [2.24, 2.45) is 5.73 Å². The number of rotatable bonds is 5. The molecule has 0 atom stereocenters. The van der Waals surface area contributed by atoms with Gasteiger partial charge >= 0.3 is 5.97 Å². The van der Waals surface area contributed by atoms with E-state index in [2.05, 4.69) is 13.2 Å². The Morgan fingerprint density at radius 1 is 1.22 bits per heavy atom. The third-order valence-electron chi connectivity index (χ3n) is 2.03. The lowest BCUT2D eigenvalue weighted by Crippen LogP contribution is -2.03. The zero-order chi connectivity index (χ0) is 13.5. The van der Waals surface area contributed by atoms with Gasteiger partial charge in [0, 0.05) is 5.70 Å². The van der Waals surface area contributed by atoms with Crippen molar-refractivity contribution in [3.05, 3.63) is 66.6 Å². The van der Waals surface area contributed by atoms with Gasteiger partial charge in [-0.1, -0.05) is 13.2 Å². The number of ether oxygens (including phenoxy) is 2. The van der Waals surface area contributed by atoms with E-state index in [0.29, 0.717) is 17.0 Å². The number of carbonyl (C=O) groups is 1. The molecule has 0 aliphatic heterocycles. The highest BCUT2D eigenvalue weighted by atomic mass is 16.5. The Bertz CT molecular complexity index is 486. The number of esters is 1. The van der Waals surface area contributed by atoms with Crippen LogP contribution in [0.3, 0.4) is 0 Å². The molecular formula is C14H15NO3. The van der Waals surface area contributed by atoms with Crippen LogP contribution in [0.15, 0.2) is 61.0 Å². The summed E-state index contributed by atoms with van der Waals surface area (Å²) < 4.78 is 9.99. The molecular weight excluding hydrogens is 230 g/mol. The normalized spacial score (nSPS) is 10.1. The first-order chi connectivity index (χ1) is 8.52. The number of hydrogen-bond acceptors (Lipinski definition) is 4. The molecule has 0 aliphatic rings. The van der Waals surface area contributed by atoms with Crippen LogP contribution >= 0.6 is 0 Å². The summed E-state index contributed by atoms with van der Waals surface area (Å²) in [6.45, 7) is 7.05. The van der Waals surface area contributed by atoms with E-state index < -0.39 is 5.97 Å². The van der Waals surface area contributed by atoms with Gasteiger partial charge in [0.2, 0.25) is 0 Å². The Morgan fingerprint density at radius 2 is 1.83 bits per heavy atom. The van der Waals surface area contributed by atoms with Crippen LogP contribution in [0.25, 0.3) is 0 Å². The summed E-state index contributed by atoms with van der Waals surface area (Å²) in [6, 6.07) is 6.58. The van der Waals surface area contributed by atoms with Crippen molar-refractivity contribution in [3.8, 4) is 5.75 Å². The molecule has 0 fully saturated rings. The molecule has 0 radical (unpaired) electrons. The zero-order valence-electron chi connectivity index (χ0n) is 10.2. The number of nitrogens with two attached hydrogens (primary N) is 1. The Labute approximate surface area is 106 Å². The van der Waals surface area contributed by atoms with Gasteiger partial charge in [-0.25, -0.2) is 4.79 Å². The van der Waals surface area contributed by atoms with E-state index in [1.54, 1.807) is 31.4 Å². The number of hydrogen-bond donors (Lipinski definition) is 1. The van der Waals surface area contributed by atoms with Gasteiger partial charge in [-0.2, -0.15) is 0 Å².